The lowest BCUT2D eigenvalue weighted by atomic mass is 9.97. The first kappa shape index (κ1) is 67.2. The summed E-state index contributed by atoms with van der Waals surface area (Å²) in [6, 6.07) is -0.971. The Morgan fingerprint density at radius 2 is 0.933 bits per heavy atom. The van der Waals surface area contributed by atoms with Gasteiger partial charge in [-0.05, 0) is 109 Å². The molecule has 0 aromatic carbocycles. The van der Waals surface area contributed by atoms with E-state index in [9.17, 15) is 45.6 Å². The van der Waals surface area contributed by atoms with Crippen molar-refractivity contribution in [3.63, 3.8) is 0 Å². The van der Waals surface area contributed by atoms with Gasteiger partial charge >= 0.3 is 0 Å². The Bertz CT molecular complexity index is 1760. The number of carbonyl (C=O) groups excluding carboxylic acids is 1. The number of hydrogen-bond donors (Lipinski definition) is 9. The van der Waals surface area contributed by atoms with Crippen molar-refractivity contribution < 1.29 is 64.6 Å². The molecule has 14 nitrogen and oxygen atoms in total. The van der Waals surface area contributed by atoms with E-state index in [1.807, 2.05) is 6.08 Å². The Morgan fingerprint density at radius 1 is 0.493 bits per heavy atom. The standard InChI is InChI=1S/C61H97NO13/c1-3-5-7-9-11-13-15-17-19-20-21-22-23-24-25-26-27-28-29-30-31-33-35-37-39-41-43-45-53(66)62-49(50(65)44-42-40-38-36-34-32-18-16-14-12-10-8-6-4-2)48-72-60-58(71)56(69)59(52(47-64)74-60)75-61-57(70)55(68)54(67)51(46-63)73-61/h5,7,11,13-14,16-17,19,21-22,24-25,27-28,30-31,34-37,42,44,49-52,54-61,63-65,67-71H,3-4,6,8-10,12,15,18,20,23,26,29,32-33,38-41,43,45-48H2,1-2H3,(H,62,66)/b7-5-,13-11-,16-14+,19-17-,22-21-,25-24-,28-27-,31-30-,36-34+,37-35-,44-42+. The molecule has 12 unspecified atom stereocenters. The van der Waals surface area contributed by atoms with E-state index >= 15 is 0 Å². The van der Waals surface area contributed by atoms with Gasteiger partial charge in [0.05, 0.1) is 32.0 Å². The van der Waals surface area contributed by atoms with E-state index in [0.717, 1.165) is 89.9 Å². The first-order valence-electron chi connectivity index (χ1n) is 27.9. The van der Waals surface area contributed by atoms with Crippen LogP contribution in [0.3, 0.4) is 0 Å². The minimum atomic E-state index is -1.80. The molecule has 2 rings (SSSR count). The highest BCUT2D eigenvalue weighted by molar-refractivity contribution is 5.76. The van der Waals surface area contributed by atoms with Crippen molar-refractivity contribution in [3.8, 4) is 0 Å². The molecule has 0 spiro atoms. The van der Waals surface area contributed by atoms with Gasteiger partial charge in [0, 0.05) is 6.42 Å². The molecule has 2 saturated heterocycles. The number of amides is 1. The van der Waals surface area contributed by atoms with Crippen LogP contribution in [0.2, 0.25) is 0 Å². The molecular weight excluding hydrogens is 955 g/mol. The van der Waals surface area contributed by atoms with E-state index in [4.69, 9.17) is 18.9 Å². The molecule has 0 aromatic heterocycles. The summed E-state index contributed by atoms with van der Waals surface area (Å²) >= 11 is 0. The minimum absolute atomic E-state index is 0.205. The van der Waals surface area contributed by atoms with Crippen LogP contribution in [0.5, 0.6) is 0 Å². The predicted octanol–water partition coefficient (Wildman–Crippen LogP) is 8.82. The summed E-state index contributed by atoms with van der Waals surface area (Å²) in [5.41, 5.74) is 0. The molecule has 0 aromatic rings. The van der Waals surface area contributed by atoms with E-state index in [2.05, 4.69) is 141 Å². The van der Waals surface area contributed by atoms with Crippen molar-refractivity contribution in [1.82, 2.24) is 5.32 Å². The Hall–Kier alpha value is -3.87. The zero-order valence-corrected chi connectivity index (χ0v) is 45.2. The summed E-state index contributed by atoms with van der Waals surface area (Å²) in [7, 11) is 0. The molecule has 0 radical (unpaired) electrons. The van der Waals surface area contributed by atoms with Gasteiger partial charge in [-0.15, -0.1) is 0 Å². The molecule has 0 aliphatic carbocycles. The normalized spacial score (nSPS) is 26.1. The van der Waals surface area contributed by atoms with E-state index in [1.54, 1.807) is 6.08 Å². The molecule has 2 aliphatic heterocycles. The second-order valence-corrected chi connectivity index (χ2v) is 19.0. The van der Waals surface area contributed by atoms with Crippen LogP contribution in [0.4, 0.5) is 0 Å². The number of allylic oxidation sites excluding steroid dienone is 21. The molecule has 1 amide bonds. The molecule has 2 fully saturated rings. The highest BCUT2D eigenvalue weighted by Crippen LogP contribution is 2.30. The summed E-state index contributed by atoms with van der Waals surface area (Å²) in [6.45, 7) is 2.56. The van der Waals surface area contributed by atoms with Gasteiger partial charge in [-0.25, -0.2) is 0 Å². The lowest BCUT2D eigenvalue weighted by molar-refractivity contribution is -0.359. The first-order valence-corrected chi connectivity index (χ1v) is 27.9. The van der Waals surface area contributed by atoms with Crippen LogP contribution in [0.25, 0.3) is 0 Å². The Morgan fingerprint density at radius 3 is 1.44 bits per heavy atom. The third kappa shape index (κ3) is 31.2. The maximum Gasteiger partial charge on any atom is 0.220 e. The first-order chi connectivity index (χ1) is 36.6. The quantitative estimate of drug-likeness (QED) is 0.0206. The number of ether oxygens (including phenoxy) is 4. The lowest BCUT2D eigenvalue weighted by Gasteiger charge is -2.46. The predicted molar refractivity (Wildman–Crippen MR) is 299 cm³/mol. The van der Waals surface area contributed by atoms with Crippen LogP contribution in [0.15, 0.2) is 134 Å². The summed E-state index contributed by atoms with van der Waals surface area (Å²) < 4.78 is 22.7. The zero-order chi connectivity index (χ0) is 54.6. The summed E-state index contributed by atoms with van der Waals surface area (Å²) in [5.74, 6) is -0.304. The Labute approximate surface area is 450 Å². The van der Waals surface area contributed by atoms with Crippen molar-refractivity contribution >= 4 is 5.91 Å². The molecular formula is C61H97NO13. The maximum atomic E-state index is 13.2. The lowest BCUT2D eigenvalue weighted by Crippen LogP contribution is -2.65. The smallest absolute Gasteiger partial charge is 0.220 e. The second kappa shape index (κ2) is 45.2. The summed E-state index contributed by atoms with van der Waals surface area (Å²) in [4.78, 5) is 13.2. The molecule has 424 valence electrons. The molecule has 14 heteroatoms. The SMILES string of the molecule is CC/C=C\C/C=C\C/C=C\C/C=C\C/C=C\C/C=C\C/C=C\C/C=C\CCCCC(=O)NC(COC1OC(CO)C(OC2OC(CO)C(O)C(O)C2O)C(O)C1O)C(O)/C=C/CC/C=C/CC/C=C/CCCCCC. The summed E-state index contributed by atoms with van der Waals surface area (Å²) in [6.07, 6.45) is 49.2. The van der Waals surface area contributed by atoms with Crippen LogP contribution in [-0.2, 0) is 23.7 Å². The number of aliphatic hydroxyl groups excluding tert-OH is 8. The number of rotatable bonds is 41. The fourth-order valence-electron chi connectivity index (χ4n) is 8.04. The Kier molecular flexibility index (Phi) is 40.5. The molecule has 2 aliphatic rings. The summed E-state index contributed by atoms with van der Waals surface area (Å²) in [5, 5.41) is 86.8. The van der Waals surface area contributed by atoms with Gasteiger partial charge in [-0.3, -0.25) is 4.79 Å². The molecule has 0 saturated carbocycles. The fourth-order valence-corrected chi connectivity index (χ4v) is 8.04. The monoisotopic (exact) mass is 1050 g/mol. The average molecular weight is 1050 g/mol. The molecule has 2 heterocycles. The second-order valence-electron chi connectivity index (χ2n) is 19.0. The Balaban J connectivity index is 1.82. The van der Waals surface area contributed by atoms with E-state index in [1.165, 1.54) is 25.7 Å². The van der Waals surface area contributed by atoms with Gasteiger partial charge in [-0.1, -0.05) is 167 Å². The van der Waals surface area contributed by atoms with Gasteiger partial charge in [0.2, 0.25) is 5.91 Å². The van der Waals surface area contributed by atoms with Gasteiger partial charge in [0.15, 0.2) is 12.6 Å². The van der Waals surface area contributed by atoms with Crippen LogP contribution < -0.4 is 5.32 Å². The molecule has 12 atom stereocenters. The van der Waals surface area contributed by atoms with Crippen LogP contribution in [0, 0.1) is 0 Å². The molecule has 0 bridgehead atoms. The maximum absolute atomic E-state index is 13.2. The highest BCUT2D eigenvalue weighted by Gasteiger charge is 2.51. The number of aliphatic hydroxyl groups is 8. The third-order valence-corrected chi connectivity index (χ3v) is 12.5. The zero-order valence-electron chi connectivity index (χ0n) is 45.2. The van der Waals surface area contributed by atoms with E-state index in [0.29, 0.717) is 12.8 Å². The fraction of sp³-hybridized carbons (Fsp3) is 0.623. The van der Waals surface area contributed by atoms with Crippen LogP contribution in [0.1, 0.15) is 149 Å². The number of hydrogen-bond acceptors (Lipinski definition) is 13. The molecule has 9 N–H and O–H groups in total. The van der Waals surface area contributed by atoms with Gasteiger partial charge in [-0.2, -0.15) is 0 Å². The van der Waals surface area contributed by atoms with Gasteiger partial charge in [0.1, 0.15) is 48.8 Å². The topological polar surface area (TPSA) is 228 Å². The van der Waals surface area contributed by atoms with E-state index < -0.39 is 86.8 Å². The van der Waals surface area contributed by atoms with Crippen LogP contribution in [-0.4, -0.2) is 140 Å². The van der Waals surface area contributed by atoms with Crippen molar-refractivity contribution in [1.29, 1.82) is 0 Å². The average Bonchev–Trinajstić information content (AvgIpc) is 3.41. The molecule has 75 heavy (non-hydrogen) atoms. The van der Waals surface area contributed by atoms with Gasteiger partial charge < -0.3 is 65.1 Å². The van der Waals surface area contributed by atoms with E-state index in [-0.39, 0.29) is 18.9 Å². The van der Waals surface area contributed by atoms with Crippen molar-refractivity contribution in [2.75, 3.05) is 19.8 Å². The van der Waals surface area contributed by atoms with Crippen molar-refractivity contribution in [2.45, 2.75) is 222 Å². The van der Waals surface area contributed by atoms with Crippen molar-refractivity contribution in [3.05, 3.63) is 134 Å². The third-order valence-electron chi connectivity index (χ3n) is 12.5. The van der Waals surface area contributed by atoms with Gasteiger partial charge in [0.25, 0.3) is 0 Å². The number of unbranched alkanes of at least 4 members (excludes halogenated alkanes) is 8. The highest BCUT2D eigenvalue weighted by atomic mass is 16.7. The van der Waals surface area contributed by atoms with Crippen LogP contribution >= 0.6 is 0 Å². The number of carbonyl (C=O) groups is 1. The van der Waals surface area contributed by atoms with Crippen molar-refractivity contribution in [2.24, 2.45) is 0 Å². The number of nitrogens with one attached hydrogen (secondary N) is 1. The largest absolute Gasteiger partial charge is 0.394 e. The minimum Gasteiger partial charge on any atom is -0.394 e.